The van der Waals surface area contributed by atoms with Gasteiger partial charge in [0.05, 0.1) is 0 Å². The Morgan fingerprint density at radius 3 is 2.12 bits per heavy atom. The van der Waals surface area contributed by atoms with Gasteiger partial charge in [0.2, 0.25) is 0 Å². The van der Waals surface area contributed by atoms with E-state index in [1.807, 2.05) is 19.9 Å². The number of rotatable bonds is 7. The third kappa shape index (κ3) is 4.11. The van der Waals surface area contributed by atoms with Crippen LogP contribution in [0.15, 0.2) is 30.8 Å². The number of ether oxygens (including phenoxy) is 2. The van der Waals surface area contributed by atoms with Crippen molar-refractivity contribution in [2.75, 3.05) is 13.2 Å². The average molecular weight is 250 g/mol. The highest BCUT2D eigenvalue weighted by atomic mass is 28.3. The van der Waals surface area contributed by atoms with E-state index in [1.54, 1.807) is 0 Å². The van der Waals surface area contributed by atoms with Gasteiger partial charge in [0.1, 0.15) is 14.7 Å². The van der Waals surface area contributed by atoms with E-state index < -0.39 is 8.80 Å². The topological polar surface area (TPSA) is 18.5 Å². The molecule has 0 saturated heterocycles. The average Bonchev–Trinajstić information content (AvgIpc) is 2.38. The number of hydrogen-bond acceptors (Lipinski definition) is 2. The predicted octanol–water partition coefficient (Wildman–Crippen LogP) is 2.33. The SMILES string of the molecule is C=Cc1ccc([SiH](C)C(OCC)OCC)cc1. The van der Waals surface area contributed by atoms with E-state index in [0.29, 0.717) is 13.2 Å². The molecule has 0 bridgehead atoms. The van der Waals surface area contributed by atoms with E-state index in [1.165, 1.54) is 5.19 Å². The van der Waals surface area contributed by atoms with Gasteiger partial charge in [-0.05, 0) is 19.4 Å². The summed E-state index contributed by atoms with van der Waals surface area (Å²) in [4.78, 5) is 0. The highest BCUT2D eigenvalue weighted by Gasteiger charge is 2.20. The lowest BCUT2D eigenvalue weighted by Crippen LogP contribution is -2.43. The monoisotopic (exact) mass is 250 g/mol. The zero-order chi connectivity index (χ0) is 12.7. The smallest absolute Gasteiger partial charge is 0.142 e. The first kappa shape index (κ1) is 14.2. The highest BCUT2D eigenvalue weighted by molar-refractivity contribution is 6.72. The molecule has 17 heavy (non-hydrogen) atoms. The molecule has 0 aromatic heterocycles. The summed E-state index contributed by atoms with van der Waals surface area (Å²) in [6.07, 6.45) is 1.86. The molecule has 1 unspecified atom stereocenters. The Labute approximate surface area is 106 Å². The Balaban J connectivity index is 2.76. The van der Waals surface area contributed by atoms with Crippen molar-refractivity contribution in [2.24, 2.45) is 0 Å². The minimum Gasteiger partial charge on any atom is -0.357 e. The molecule has 1 aromatic rings. The molecule has 3 heteroatoms. The minimum absolute atomic E-state index is 0.0282. The maximum atomic E-state index is 5.67. The van der Waals surface area contributed by atoms with Gasteiger partial charge in [0.25, 0.3) is 0 Å². The number of benzene rings is 1. The largest absolute Gasteiger partial charge is 0.357 e. The number of hydrogen-bond donors (Lipinski definition) is 0. The van der Waals surface area contributed by atoms with Gasteiger partial charge < -0.3 is 9.47 Å². The molecule has 0 radical (unpaired) electrons. The zero-order valence-electron chi connectivity index (χ0n) is 11.0. The molecular weight excluding hydrogens is 228 g/mol. The summed E-state index contributed by atoms with van der Waals surface area (Å²) in [6.45, 7) is 11.4. The Hall–Kier alpha value is -0.903. The molecule has 2 nitrogen and oxygen atoms in total. The van der Waals surface area contributed by atoms with Crippen molar-refractivity contribution < 1.29 is 9.47 Å². The minimum atomic E-state index is -1.22. The summed E-state index contributed by atoms with van der Waals surface area (Å²) in [5.74, 6) is -0.0282. The molecule has 94 valence electrons. The summed E-state index contributed by atoms with van der Waals surface area (Å²) < 4.78 is 11.3. The van der Waals surface area contributed by atoms with Gasteiger partial charge in [-0.15, -0.1) is 0 Å². The van der Waals surface area contributed by atoms with Crippen LogP contribution in [-0.2, 0) is 9.47 Å². The Kier molecular flexibility index (Phi) is 6.19. The van der Waals surface area contributed by atoms with Crippen molar-refractivity contribution in [3.05, 3.63) is 36.4 Å². The van der Waals surface area contributed by atoms with Crippen LogP contribution in [-0.4, -0.2) is 27.9 Å². The maximum absolute atomic E-state index is 5.67. The van der Waals surface area contributed by atoms with Crippen LogP contribution in [0.25, 0.3) is 6.08 Å². The first-order valence-electron chi connectivity index (χ1n) is 6.18. The van der Waals surface area contributed by atoms with Gasteiger partial charge in [0.15, 0.2) is 0 Å². The standard InChI is InChI=1S/C14H22O2Si/c1-5-12-8-10-13(11-9-12)17(4)14(15-6-2)16-7-3/h5,8-11,14,17H,1,6-7H2,2-4H3. The van der Waals surface area contributed by atoms with E-state index in [0.717, 1.165) is 5.56 Å². The van der Waals surface area contributed by atoms with Crippen molar-refractivity contribution in [1.29, 1.82) is 0 Å². The molecule has 0 heterocycles. The zero-order valence-corrected chi connectivity index (χ0v) is 12.1. The summed E-state index contributed by atoms with van der Waals surface area (Å²) in [7, 11) is -1.22. The molecule has 1 rings (SSSR count). The van der Waals surface area contributed by atoms with Crippen LogP contribution < -0.4 is 5.19 Å². The van der Waals surface area contributed by atoms with E-state index in [-0.39, 0.29) is 5.91 Å². The summed E-state index contributed by atoms with van der Waals surface area (Å²) in [5, 5.41) is 1.36. The van der Waals surface area contributed by atoms with Gasteiger partial charge in [-0.1, -0.05) is 48.7 Å². The van der Waals surface area contributed by atoms with Gasteiger partial charge in [-0.3, -0.25) is 0 Å². The highest BCUT2D eigenvalue weighted by Crippen LogP contribution is 2.04. The fourth-order valence-corrected chi connectivity index (χ4v) is 3.83. The van der Waals surface area contributed by atoms with Crippen LogP contribution in [0.5, 0.6) is 0 Å². The summed E-state index contributed by atoms with van der Waals surface area (Å²) in [5.41, 5.74) is 1.15. The molecule has 0 spiro atoms. The van der Waals surface area contributed by atoms with Crippen LogP contribution in [0.2, 0.25) is 6.55 Å². The summed E-state index contributed by atoms with van der Waals surface area (Å²) >= 11 is 0. The van der Waals surface area contributed by atoms with Crippen molar-refractivity contribution in [1.82, 2.24) is 0 Å². The normalized spacial score (nSPS) is 12.7. The second kappa shape index (κ2) is 7.43. The van der Waals surface area contributed by atoms with E-state index in [2.05, 4.69) is 37.4 Å². The molecule has 0 saturated carbocycles. The van der Waals surface area contributed by atoms with Gasteiger partial charge in [-0.25, -0.2) is 0 Å². The fraction of sp³-hybridized carbons (Fsp3) is 0.429. The van der Waals surface area contributed by atoms with Crippen LogP contribution in [0.1, 0.15) is 19.4 Å². The third-order valence-corrected chi connectivity index (χ3v) is 5.41. The molecule has 0 N–H and O–H groups in total. The lowest BCUT2D eigenvalue weighted by atomic mass is 10.2. The van der Waals surface area contributed by atoms with Crippen LogP contribution in [0.3, 0.4) is 0 Å². The van der Waals surface area contributed by atoms with E-state index >= 15 is 0 Å². The maximum Gasteiger partial charge on any atom is 0.142 e. The molecule has 0 amide bonds. The van der Waals surface area contributed by atoms with Crippen LogP contribution in [0.4, 0.5) is 0 Å². The molecule has 0 aliphatic rings. The molecule has 1 aromatic carbocycles. The molecule has 0 aliphatic carbocycles. The van der Waals surface area contributed by atoms with Gasteiger partial charge in [0, 0.05) is 13.2 Å². The Bertz CT molecular complexity index is 329. The molecule has 0 aliphatic heterocycles. The first-order chi connectivity index (χ1) is 8.22. The first-order valence-corrected chi connectivity index (χ1v) is 8.58. The lowest BCUT2D eigenvalue weighted by molar-refractivity contribution is -0.0841. The van der Waals surface area contributed by atoms with Crippen molar-refractivity contribution in [3.8, 4) is 0 Å². The van der Waals surface area contributed by atoms with Crippen molar-refractivity contribution in [2.45, 2.75) is 26.3 Å². The fourth-order valence-electron chi connectivity index (χ4n) is 1.76. The van der Waals surface area contributed by atoms with Crippen LogP contribution >= 0.6 is 0 Å². The van der Waals surface area contributed by atoms with Crippen molar-refractivity contribution in [3.63, 3.8) is 0 Å². The second-order valence-corrected chi connectivity index (χ2v) is 6.73. The lowest BCUT2D eigenvalue weighted by Gasteiger charge is -2.23. The summed E-state index contributed by atoms with van der Waals surface area (Å²) in [6, 6.07) is 8.53. The van der Waals surface area contributed by atoms with E-state index in [4.69, 9.17) is 9.47 Å². The van der Waals surface area contributed by atoms with Crippen LogP contribution in [0, 0.1) is 0 Å². The quantitative estimate of drug-likeness (QED) is 0.546. The molecular formula is C14H22O2Si. The van der Waals surface area contributed by atoms with Gasteiger partial charge >= 0.3 is 0 Å². The Morgan fingerprint density at radius 1 is 1.18 bits per heavy atom. The molecule has 1 atom stereocenters. The second-order valence-electron chi connectivity index (χ2n) is 3.94. The van der Waals surface area contributed by atoms with Crippen molar-refractivity contribution >= 4 is 20.1 Å². The predicted molar refractivity (Wildman–Crippen MR) is 76.2 cm³/mol. The molecule has 0 fully saturated rings. The Morgan fingerprint density at radius 2 is 1.71 bits per heavy atom. The van der Waals surface area contributed by atoms with Gasteiger partial charge in [-0.2, -0.15) is 0 Å². The third-order valence-electron chi connectivity index (χ3n) is 2.77. The van der Waals surface area contributed by atoms with E-state index in [9.17, 15) is 0 Å².